The van der Waals surface area contributed by atoms with Crippen LogP contribution in [0.2, 0.25) is 0 Å². The van der Waals surface area contributed by atoms with Gasteiger partial charge in [0.2, 0.25) is 0 Å². The molecule has 0 aliphatic carbocycles. The molecule has 2 heteroatoms. The van der Waals surface area contributed by atoms with Gasteiger partial charge in [-0.15, -0.1) is 0 Å². The van der Waals surface area contributed by atoms with Crippen molar-refractivity contribution in [3.8, 4) is 0 Å². The second-order valence-electron chi connectivity index (χ2n) is 1.02. The first kappa shape index (κ1) is 4.61. The van der Waals surface area contributed by atoms with Gasteiger partial charge < -0.3 is 0 Å². The number of rotatable bonds is 0. The molecule has 1 nitrogen and oxygen atoms in total. The Bertz CT molecular complexity index is 138. The van der Waals surface area contributed by atoms with E-state index < -0.39 is 0 Å². The van der Waals surface area contributed by atoms with Crippen LogP contribution in [0.1, 0.15) is 0 Å². The van der Waals surface area contributed by atoms with Crippen LogP contribution in [0.3, 0.4) is 0 Å². The van der Waals surface area contributed by atoms with Crippen LogP contribution in [0.5, 0.6) is 0 Å². The highest BCUT2D eigenvalue weighted by Crippen LogP contribution is 1.98. The van der Waals surface area contributed by atoms with Crippen molar-refractivity contribution in [1.29, 1.82) is 0 Å². The molecule has 0 radical (unpaired) electrons. The van der Waals surface area contributed by atoms with Crippen LogP contribution in [0.25, 0.3) is 0 Å². The van der Waals surface area contributed by atoms with Crippen LogP contribution >= 0.6 is 15.9 Å². The molecule has 0 saturated carbocycles. The van der Waals surface area contributed by atoms with Crippen molar-refractivity contribution in [1.82, 2.24) is 4.98 Å². The molecule has 1 heterocycles. The van der Waals surface area contributed by atoms with E-state index in [4.69, 9.17) is 0 Å². The first-order chi connectivity index (χ1) is 3.39. The summed E-state index contributed by atoms with van der Waals surface area (Å²) >= 11 is 3.16. The molecule has 0 spiro atoms. The van der Waals surface area contributed by atoms with Crippen molar-refractivity contribution in [2.24, 2.45) is 0 Å². The molecule has 34 valence electrons. The largest absolute Gasteiger partial charge is 0.254 e. The molecule has 0 aliphatic heterocycles. The lowest BCUT2D eigenvalue weighted by molar-refractivity contribution is 1.32. The van der Waals surface area contributed by atoms with E-state index in [-0.39, 0.29) is 0 Å². The van der Waals surface area contributed by atoms with Crippen molar-refractivity contribution in [3.05, 3.63) is 29.0 Å². The number of halogens is 1. The highest BCUT2D eigenvalue weighted by Gasteiger charge is 1.73. The van der Waals surface area contributed by atoms with Gasteiger partial charge in [0.1, 0.15) is 0 Å². The van der Waals surface area contributed by atoms with E-state index in [1.54, 1.807) is 12.4 Å². The molecule has 0 atom stereocenters. The molecule has 7 heavy (non-hydrogen) atoms. The van der Waals surface area contributed by atoms with Crippen LogP contribution < -0.4 is 0 Å². The highest BCUT2D eigenvalue weighted by molar-refractivity contribution is 9.10. The van der Waals surface area contributed by atoms with Gasteiger partial charge in [-0.2, -0.15) is 0 Å². The maximum Gasteiger partial charge on any atom is 0.0860 e. The molecule has 0 saturated heterocycles. The Labute approximate surface area is 50.5 Å². The zero-order chi connectivity index (χ0) is 5.11. The molecular formula is C5H2BrN. The summed E-state index contributed by atoms with van der Waals surface area (Å²) in [5, 5.41) is 0. The summed E-state index contributed by atoms with van der Waals surface area (Å²) in [6, 6.07) is 5.44. The zero-order valence-corrected chi connectivity index (χ0v) is 5.07. The standard InChI is InChI=1S/C5H2BrN/c6-5-2-1-3-7-4-5/h3-4H. The highest BCUT2D eigenvalue weighted by atomic mass is 79.9. The fourth-order valence-electron chi connectivity index (χ4n) is 0.273. The number of hydrogen-bond acceptors (Lipinski definition) is 1. The van der Waals surface area contributed by atoms with Gasteiger partial charge in [-0.25, -0.2) is 0 Å². The normalized spacial score (nSPS) is 7.57. The minimum absolute atomic E-state index is 0.843. The molecule has 0 N–H and O–H groups in total. The fraction of sp³-hybridized carbons (Fsp3) is 0. The van der Waals surface area contributed by atoms with Gasteiger partial charge in [-0.3, -0.25) is 4.98 Å². The smallest absolute Gasteiger partial charge is 0.0860 e. The Balaban J connectivity index is 3.02. The maximum atomic E-state index is 3.75. The van der Waals surface area contributed by atoms with E-state index in [1.165, 1.54) is 0 Å². The van der Waals surface area contributed by atoms with Crippen molar-refractivity contribution < 1.29 is 0 Å². The average Bonchev–Trinajstić information content (AvgIpc) is 1.69. The van der Waals surface area contributed by atoms with Crippen LogP contribution in [0.15, 0.2) is 16.9 Å². The molecule has 0 unspecified atom stereocenters. The third-order valence-corrected chi connectivity index (χ3v) is 0.922. The molecule has 1 aromatic heterocycles. The van der Waals surface area contributed by atoms with E-state index in [2.05, 4.69) is 33.0 Å². The van der Waals surface area contributed by atoms with Crippen molar-refractivity contribution in [2.45, 2.75) is 0 Å². The second kappa shape index (κ2) is 1.94. The molecule has 0 fully saturated rings. The summed E-state index contributed by atoms with van der Waals surface area (Å²) in [4.78, 5) is 3.75. The van der Waals surface area contributed by atoms with Gasteiger partial charge in [-0.05, 0) is 22.0 Å². The van der Waals surface area contributed by atoms with Crippen molar-refractivity contribution >= 4 is 15.9 Å². The third kappa shape index (κ3) is 1.17. The lowest BCUT2D eigenvalue weighted by atomic mass is 10.6. The molecule has 1 rings (SSSR count). The molecule has 0 bridgehead atoms. The molecule has 0 aliphatic rings. The summed E-state index contributed by atoms with van der Waals surface area (Å²) in [6.07, 6.45) is 3.22. The monoisotopic (exact) mass is 155 g/mol. The molecule has 0 aromatic carbocycles. The average molecular weight is 156 g/mol. The van der Waals surface area contributed by atoms with E-state index in [1.807, 2.05) is 0 Å². The summed E-state index contributed by atoms with van der Waals surface area (Å²) in [5.41, 5.74) is 0. The van der Waals surface area contributed by atoms with Gasteiger partial charge in [0.15, 0.2) is 0 Å². The van der Waals surface area contributed by atoms with Gasteiger partial charge in [-0.1, -0.05) is 6.07 Å². The summed E-state index contributed by atoms with van der Waals surface area (Å²) in [6.45, 7) is 0. The lowest BCUT2D eigenvalue weighted by Gasteiger charge is -1.72. The minimum atomic E-state index is 0.843. The van der Waals surface area contributed by atoms with E-state index in [9.17, 15) is 0 Å². The SMILES string of the molecule is Brc1c#ccnc1. The summed E-state index contributed by atoms with van der Waals surface area (Å²) < 4.78 is 0.843. The fourth-order valence-corrected chi connectivity index (χ4v) is 0.506. The Morgan fingerprint density at radius 3 is 2.86 bits per heavy atom. The number of nitrogens with zero attached hydrogens (tertiary/aromatic N) is 1. The van der Waals surface area contributed by atoms with Crippen molar-refractivity contribution in [3.63, 3.8) is 0 Å². The van der Waals surface area contributed by atoms with Crippen molar-refractivity contribution in [2.75, 3.05) is 0 Å². The Morgan fingerprint density at radius 1 is 1.71 bits per heavy atom. The number of hydrogen-bond donors (Lipinski definition) is 0. The minimum Gasteiger partial charge on any atom is -0.254 e. The zero-order valence-electron chi connectivity index (χ0n) is 3.48. The molecule has 0 amide bonds. The first-order valence-electron chi connectivity index (χ1n) is 1.78. The predicted molar refractivity (Wildman–Crippen MR) is 29.6 cm³/mol. The Kier molecular flexibility index (Phi) is 1.28. The van der Waals surface area contributed by atoms with Crippen LogP contribution in [0.4, 0.5) is 0 Å². The van der Waals surface area contributed by atoms with Gasteiger partial charge in [0, 0.05) is 0 Å². The van der Waals surface area contributed by atoms with Crippen LogP contribution in [0, 0.1) is 12.1 Å². The van der Waals surface area contributed by atoms with Gasteiger partial charge in [0.05, 0.1) is 16.9 Å². The van der Waals surface area contributed by atoms with Gasteiger partial charge in [0.25, 0.3) is 0 Å². The lowest BCUT2D eigenvalue weighted by Crippen LogP contribution is -1.61. The van der Waals surface area contributed by atoms with Crippen LogP contribution in [-0.2, 0) is 0 Å². The Hall–Kier alpha value is -0.550. The maximum absolute atomic E-state index is 3.75. The number of aromatic nitrogens is 1. The van der Waals surface area contributed by atoms with E-state index >= 15 is 0 Å². The first-order valence-corrected chi connectivity index (χ1v) is 2.58. The van der Waals surface area contributed by atoms with Crippen LogP contribution in [-0.4, -0.2) is 4.98 Å². The topological polar surface area (TPSA) is 12.9 Å². The quantitative estimate of drug-likeness (QED) is 0.553. The van der Waals surface area contributed by atoms with Gasteiger partial charge >= 0.3 is 0 Å². The Morgan fingerprint density at radius 2 is 2.57 bits per heavy atom. The third-order valence-electron chi connectivity index (χ3n) is 0.519. The molecule has 1 aromatic rings. The van der Waals surface area contributed by atoms with E-state index in [0.29, 0.717) is 0 Å². The predicted octanol–water partition coefficient (Wildman–Crippen LogP) is 1.44. The second-order valence-corrected chi connectivity index (χ2v) is 1.88. The summed E-state index contributed by atoms with van der Waals surface area (Å²) in [5.74, 6) is 0. The van der Waals surface area contributed by atoms with E-state index in [0.717, 1.165) is 4.47 Å². The summed E-state index contributed by atoms with van der Waals surface area (Å²) in [7, 11) is 0. The molecular weight excluding hydrogens is 154 g/mol.